The van der Waals surface area contributed by atoms with Crippen molar-refractivity contribution in [2.24, 2.45) is 11.7 Å². The van der Waals surface area contributed by atoms with Crippen LogP contribution in [0.3, 0.4) is 0 Å². The van der Waals surface area contributed by atoms with Crippen molar-refractivity contribution in [3.63, 3.8) is 0 Å². The molecule has 4 heteroatoms. The molecule has 0 bridgehead atoms. The van der Waals surface area contributed by atoms with Crippen LogP contribution in [-0.4, -0.2) is 16.7 Å². The van der Waals surface area contributed by atoms with E-state index in [1.54, 1.807) is 0 Å². The number of benzene rings is 1. The predicted molar refractivity (Wildman–Crippen MR) is 95.4 cm³/mol. The van der Waals surface area contributed by atoms with Crippen LogP contribution >= 0.6 is 11.8 Å². The third-order valence-corrected chi connectivity index (χ3v) is 5.16. The lowest BCUT2D eigenvalue weighted by Gasteiger charge is -2.19. The minimum absolute atomic E-state index is 0.0849. The fourth-order valence-electron chi connectivity index (χ4n) is 2.95. The van der Waals surface area contributed by atoms with Gasteiger partial charge in [-0.15, -0.1) is 11.8 Å². The van der Waals surface area contributed by atoms with Crippen molar-refractivity contribution < 1.29 is 4.79 Å². The second kappa shape index (κ2) is 7.05. The third-order valence-electron chi connectivity index (χ3n) is 4.06. The Kier molecular flexibility index (Phi) is 5.56. The number of carbonyl (C=O) groups is 1. The van der Waals surface area contributed by atoms with E-state index >= 15 is 0 Å². The van der Waals surface area contributed by atoms with Gasteiger partial charge in [0.05, 0.1) is 0 Å². The first-order chi connectivity index (χ1) is 10.2. The van der Waals surface area contributed by atoms with E-state index in [2.05, 4.69) is 38.2 Å². The van der Waals surface area contributed by atoms with Gasteiger partial charge in [-0.3, -0.25) is 4.79 Å². The van der Waals surface area contributed by atoms with Gasteiger partial charge in [0.2, 0.25) is 5.91 Å². The second-order valence-corrected chi connectivity index (χ2v) is 9.20. The topological polar surface area (TPSA) is 55.1 Å². The number of carbonyl (C=O) groups excluding carboxylic acids is 1. The van der Waals surface area contributed by atoms with Gasteiger partial charge in [0.1, 0.15) is 0 Å². The van der Waals surface area contributed by atoms with E-state index < -0.39 is 0 Å². The molecular formula is C18H28N2OS. The van der Waals surface area contributed by atoms with Gasteiger partial charge in [-0.25, -0.2) is 0 Å². The number of hydrogen-bond donors (Lipinski definition) is 2. The zero-order chi connectivity index (χ0) is 16.3. The van der Waals surface area contributed by atoms with Crippen LogP contribution in [0.15, 0.2) is 23.1 Å². The molecule has 22 heavy (non-hydrogen) atoms. The molecule has 0 aromatic heterocycles. The quantitative estimate of drug-likeness (QED) is 0.811. The van der Waals surface area contributed by atoms with E-state index in [4.69, 9.17) is 5.73 Å². The smallest absolute Gasteiger partial charge is 0.224 e. The fourth-order valence-corrected chi connectivity index (χ4v) is 4.03. The normalized spacial score (nSPS) is 21.9. The standard InChI is InChI=1S/C18H28N2OS/c1-12-10-14(22-18(2,3)4)8-9-16(12)20-17(21)11-13-6-5-7-15(13)19/h8-10,13,15H,5-7,11,19H2,1-4H3,(H,20,21)/t13-,15+/m0/s1. The van der Waals surface area contributed by atoms with Crippen LogP contribution in [0.25, 0.3) is 0 Å². The number of amides is 1. The highest BCUT2D eigenvalue weighted by molar-refractivity contribution is 8.00. The number of nitrogens with two attached hydrogens (primary N) is 1. The number of aryl methyl sites for hydroxylation is 1. The SMILES string of the molecule is Cc1cc(SC(C)(C)C)ccc1NC(=O)C[C@@H]1CCC[C@H]1N. The summed E-state index contributed by atoms with van der Waals surface area (Å²) in [5.74, 6) is 0.428. The summed E-state index contributed by atoms with van der Waals surface area (Å²) in [6.45, 7) is 8.65. The van der Waals surface area contributed by atoms with Crippen molar-refractivity contribution >= 4 is 23.4 Å². The first-order valence-corrected chi connectivity index (χ1v) is 8.91. The number of nitrogens with one attached hydrogen (secondary N) is 1. The van der Waals surface area contributed by atoms with Crippen LogP contribution in [0.5, 0.6) is 0 Å². The summed E-state index contributed by atoms with van der Waals surface area (Å²) in [5, 5.41) is 3.04. The lowest BCUT2D eigenvalue weighted by Crippen LogP contribution is -2.28. The van der Waals surface area contributed by atoms with Crippen LogP contribution in [0.4, 0.5) is 5.69 Å². The number of rotatable bonds is 4. The lowest BCUT2D eigenvalue weighted by molar-refractivity contribution is -0.117. The van der Waals surface area contributed by atoms with Gasteiger partial charge in [0, 0.05) is 27.8 Å². The second-order valence-electron chi connectivity index (χ2n) is 7.30. The maximum Gasteiger partial charge on any atom is 0.224 e. The highest BCUT2D eigenvalue weighted by Gasteiger charge is 2.26. The van der Waals surface area contributed by atoms with E-state index in [0.717, 1.165) is 30.5 Å². The molecule has 2 rings (SSSR count). The first kappa shape index (κ1) is 17.4. The lowest BCUT2D eigenvalue weighted by atomic mass is 10.00. The van der Waals surface area contributed by atoms with E-state index in [1.165, 1.54) is 4.90 Å². The Morgan fingerprint density at radius 1 is 1.36 bits per heavy atom. The largest absolute Gasteiger partial charge is 0.327 e. The molecule has 0 saturated heterocycles. The Morgan fingerprint density at radius 2 is 2.09 bits per heavy atom. The summed E-state index contributed by atoms with van der Waals surface area (Å²) < 4.78 is 0.190. The number of anilines is 1. The first-order valence-electron chi connectivity index (χ1n) is 8.10. The average molecular weight is 321 g/mol. The molecule has 0 spiro atoms. The van der Waals surface area contributed by atoms with Crippen molar-refractivity contribution in [3.05, 3.63) is 23.8 Å². The van der Waals surface area contributed by atoms with Crippen molar-refractivity contribution in [1.29, 1.82) is 0 Å². The molecule has 0 heterocycles. The highest BCUT2D eigenvalue weighted by Crippen LogP contribution is 2.34. The van der Waals surface area contributed by atoms with Crippen molar-refractivity contribution in [1.82, 2.24) is 0 Å². The molecule has 2 atom stereocenters. The van der Waals surface area contributed by atoms with E-state index in [9.17, 15) is 4.79 Å². The summed E-state index contributed by atoms with van der Waals surface area (Å²) in [7, 11) is 0. The molecule has 0 aliphatic heterocycles. The molecule has 1 aliphatic carbocycles. The molecule has 0 radical (unpaired) electrons. The molecule has 0 unspecified atom stereocenters. The monoisotopic (exact) mass is 320 g/mol. The Hall–Kier alpha value is -1.00. The zero-order valence-corrected chi connectivity index (χ0v) is 14.9. The molecule has 1 aromatic carbocycles. The Bertz CT molecular complexity index is 536. The third kappa shape index (κ3) is 5.03. The van der Waals surface area contributed by atoms with Crippen molar-refractivity contribution in [2.75, 3.05) is 5.32 Å². The van der Waals surface area contributed by atoms with Crippen LogP contribution in [0, 0.1) is 12.8 Å². The number of hydrogen-bond acceptors (Lipinski definition) is 3. The van der Waals surface area contributed by atoms with Gasteiger partial charge in [0.25, 0.3) is 0 Å². The van der Waals surface area contributed by atoms with Crippen LogP contribution in [0.1, 0.15) is 52.0 Å². The van der Waals surface area contributed by atoms with Gasteiger partial charge in [-0.05, 0) is 49.4 Å². The molecule has 1 aromatic rings. The van der Waals surface area contributed by atoms with E-state index in [0.29, 0.717) is 12.3 Å². The predicted octanol–water partition coefficient (Wildman–Crippen LogP) is 4.34. The van der Waals surface area contributed by atoms with Crippen LogP contribution < -0.4 is 11.1 Å². The zero-order valence-electron chi connectivity index (χ0n) is 14.1. The highest BCUT2D eigenvalue weighted by atomic mass is 32.2. The summed E-state index contributed by atoms with van der Waals surface area (Å²) >= 11 is 1.84. The van der Waals surface area contributed by atoms with Gasteiger partial charge >= 0.3 is 0 Å². The van der Waals surface area contributed by atoms with Gasteiger partial charge < -0.3 is 11.1 Å². The molecule has 1 saturated carbocycles. The summed E-state index contributed by atoms with van der Waals surface area (Å²) in [4.78, 5) is 13.4. The minimum atomic E-state index is 0.0849. The number of thioether (sulfide) groups is 1. The Morgan fingerprint density at radius 3 is 2.64 bits per heavy atom. The average Bonchev–Trinajstić information content (AvgIpc) is 2.76. The minimum Gasteiger partial charge on any atom is -0.327 e. The maximum absolute atomic E-state index is 12.2. The van der Waals surface area contributed by atoms with Gasteiger partial charge in [-0.2, -0.15) is 0 Å². The Balaban J connectivity index is 1.96. The summed E-state index contributed by atoms with van der Waals surface area (Å²) in [6.07, 6.45) is 3.82. The molecule has 1 aliphatic rings. The molecule has 122 valence electrons. The molecule has 1 amide bonds. The molecular weight excluding hydrogens is 292 g/mol. The maximum atomic E-state index is 12.2. The van der Waals surface area contributed by atoms with Crippen LogP contribution in [-0.2, 0) is 4.79 Å². The summed E-state index contributed by atoms with van der Waals surface area (Å²) in [5.41, 5.74) is 8.07. The Labute approximate surface area is 138 Å². The fraction of sp³-hybridized carbons (Fsp3) is 0.611. The van der Waals surface area contributed by atoms with Gasteiger partial charge in [0.15, 0.2) is 0 Å². The molecule has 3 N–H and O–H groups in total. The van der Waals surface area contributed by atoms with Gasteiger partial charge in [-0.1, -0.05) is 27.2 Å². The van der Waals surface area contributed by atoms with Crippen molar-refractivity contribution in [2.45, 2.75) is 69.1 Å². The van der Waals surface area contributed by atoms with E-state index in [1.807, 2.05) is 24.8 Å². The summed E-state index contributed by atoms with van der Waals surface area (Å²) in [6, 6.07) is 6.43. The van der Waals surface area contributed by atoms with Crippen LogP contribution in [0.2, 0.25) is 0 Å². The van der Waals surface area contributed by atoms with Crippen molar-refractivity contribution in [3.8, 4) is 0 Å². The van der Waals surface area contributed by atoms with E-state index in [-0.39, 0.29) is 16.7 Å². The molecule has 3 nitrogen and oxygen atoms in total. The molecule has 1 fully saturated rings.